The topological polar surface area (TPSA) is 60.9 Å². The molecule has 2 N–H and O–H groups in total. The molecular formula is C9H15N3O. The van der Waals surface area contributed by atoms with Crippen LogP contribution in [0.3, 0.4) is 0 Å². The molecule has 1 rings (SSSR count). The van der Waals surface area contributed by atoms with E-state index in [-0.39, 0.29) is 12.3 Å². The summed E-state index contributed by atoms with van der Waals surface area (Å²) in [7, 11) is 1.82. The fourth-order valence-electron chi connectivity index (χ4n) is 1.16. The standard InChI is InChI=1S/C9H15N3O/c1-6(2)8-4-7(5-9(10)13)12(3)11-8/h4,6H,5H2,1-3H3,(H2,10,13). The Morgan fingerprint density at radius 2 is 2.31 bits per heavy atom. The lowest BCUT2D eigenvalue weighted by molar-refractivity contribution is -0.117. The molecule has 0 aliphatic carbocycles. The van der Waals surface area contributed by atoms with Crippen LogP contribution in [0.4, 0.5) is 0 Å². The highest BCUT2D eigenvalue weighted by Crippen LogP contribution is 2.13. The number of hydrogen-bond acceptors (Lipinski definition) is 2. The van der Waals surface area contributed by atoms with Gasteiger partial charge in [-0.05, 0) is 12.0 Å². The molecule has 0 saturated heterocycles. The third kappa shape index (κ3) is 2.31. The highest BCUT2D eigenvalue weighted by atomic mass is 16.1. The van der Waals surface area contributed by atoms with Crippen LogP contribution in [0.5, 0.6) is 0 Å². The number of nitrogens with zero attached hydrogens (tertiary/aromatic N) is 2. The van der Waals surface area contributed by atoms with Gasteiger partial charge in [-0.3, -0.25) is 9.48 Å². The summed E-state index contributed by atoms with van der Waals surface area (Å²) in [6.07, 6.45) is 0.260. The highest BCUT2D eigenvalue weighted by molar-refractivity contribution is 5.76. The van der Waals surface area contributed by atoms with Crippen LogP contribution in [0.25, 0.3) is 0 Å². The van der Waals surface area contributed by atoms with E-state index in [1.165, 1.54) is 0 Å². The molecule has 4 nitrogen and oxygen atoms in total. The van der Waals surface area contributed by atoms with Crippen LogP contribution >= 0.6 is 0 Å². The summed E-state index contributed by atoms with van der Waals surface area (Å²) in [6.45, 7) is 4.13. The lowest BCUT2D eigenvalue weighted by Crippen LogP contribution is -2.15. The summed E-state index contributed by atoms with van der Waals surface area (Å²) in [6, 6.07) is 1.93. The molecule has 1 aromatic heterocycles. The van der Waals surface area contributed by atoms with Gasteiger partial charge >= 0.3 is 0 Å². The van der Waals surface area contributed by atoms with Crippen molar-refractivity contribution < 1.29 is 4.79 Å². The summed E-state index contributed by atoms with van der Waals surface area (Å²) in [5.41, 5.74) is 6.97. The molecule has 1 aromatic rings. The minimum atomic E-state index is -0.321. The summed E-state index contributed by atoms with van der Waals surface area (Å²) in [5, 5.41) is 4.27. The Balaban J connectivity index is 2.89. The van der Waals surface area contributed by atoms with E-state index >= 15 is 0 Å². The van der Waals surface area contributed by atoms with Crippen molar-refractivity contribution in [2.45, 2.75) is 26.2 Å². The second kappa shape index (κ2) is 3.60. The third-order valence-electron chi connectivity index (χ3n) is 1.94. The maximum absolute atomic E-state index is 10.7. The van der Waals surface area contributed by atoms with E-state index in [2.05, 4.69) is 18.9 Å². The van der Waals surface area contributed by atoms with Crippen LogP contribution in [0.2, 0.25) is 0 Å². The van der Waals surface area contributed by atoms with Crippen molar-refractivity contribution in [2.75, 3.05) is 0 Å². The van der Waals surface area contributed by atoms with Crippen LogP contribution in [0.1, 0.15) is 31.2 Å². The molecule has 0 spiro atoms. The number of nitrogens with two attached hydrogens (primary N) is 1. The fourth-order valence-corrected chi connectivity index (χ4v) is 1.16. The molecule has 13 heavy (non-hydrogen) atoms. The molecule has 0 unspecified atom stereocenters. The van der Waals surface area contributed by atoms with E-state index in [4.69, 9.17) is 5.73 Å². The number of aromatic nitrogens is 2. The highest BCUT2D eigenvalue weighted by Gasteiger charge is 2.09. The number of amides is 1. The Labute approximate surface area is 77.7 Å². The Morgan fingerprint density at radius 1 is 1.69 bits per heavy atom. The zero-order valence-electron chi connectivity index (χ0n) is 8.24. The van der Waals surface area contributed by atoms with Crippen molar-refractivity contribution in [3.05, 3.63) is 17.5 Å². The molecule has 0 aromatic carbocycles. The van der Waals surface area contributed by atoms with Crippen molar-refractivity contribution in [1.82, 2.24) is 9.78 Å². The Bertz CT molecular complexity index is 315. The van der Waals surface area contributed by atoms with Crippen molar-refractivity contribution in [1.29, 1.82) is 0 Å². The van der Waals surface area contributed by atoms with Gasteiger partial charge in [-0.25, -0.2) is 0 Å². The van der Waals surface area contributed by atoms with Crippen LogP contribution in [-0.2, 0) is 18.3 Å². The smallest absolute Gasteiger partial charge is 0.223 e. The predicted octanol–water partition coefficient (Wildman–Crippen LogP) is 0.571. The Morgan fingerprint density at radius 3 is 2.69 bits per heavy atom. The van der Waals surface area contributed by atoms with Gasteiger partial charge < -0.3 is 5.73 Å². The molecule has 0 atom stereocenters. The van der Waals surface area contributed by atoms with E-state index in [9.17, 15) is 4.79 Å². The van der Waals surface area contributed by atoms with Crippen LogP contribution in [0.15, 0.2) is 6.07 Å². The van der Waals surface area contributed by atoms with Gasteiger partial charge in [-0.2, -0.15) is 5.10 Å². The summed E-state index contributed by atoms with van der Waals surface area (Å²) in [5.74, 6) is 0.0612. The first kappa shape index (κ1) is 9.77. The number of carbonyl (C=O) groups excluding carboxylic acids is 1. The number of rotatable bonds is 3. The number of aryl methyl sites for hydroxylation is 1. The van der Waals surface area contributed by atoms with Gasteiger partial charge in [-0.1, -0.05) is 13.8 Å². The first-order valence-electron chi connectivity index (χ1n) is 4.32. The summed E-state index contributed by atoms with van der Waals surface area (Å²) < 4.78 is 1.71. The molecule has 0 aliphatic rings. The molecule has 1 amide bonds. The Hall–Kier alpha value is -1.32. The maximum Gasteiger partial charge on any atom is 0.223 e. The van der Waals surface area contributed by atoms with Gasteiger partial charge in [0.2, 0.25) is 5.91 Å². The first-order valence-corrected chi connectivity index (χ1v) is 4.32. The molecule has 1 heterocycles. The lowest BCUT2D eigenvalue weighted by atomic mass is 10.1. The van der Waals surface area contributed by atoms with E-state index in [1.54, 1.807) is 4.68 Å². The fraction of sp³-hybridized carbons (Fsp3) is 0.556. The van der Waals surface area contributed by atoms with Crippen molar-refractivity contribution in [2.24, 2.45) is 12.8 Å². The summed E-state index contributed by atoms with van der Waals surface area (Å²) >= 11 is 0. The largest absolute Gasteiger partial charge is 0.369 e. The number of hydrogen-bond donors (Lipinski definition) is 1. The second-order valence-corrected chi connectivity index (χ2v) is 3.48. The molecule has 4 heteroatoms. The number of carbonyl (C=O) groups is 1. The maximum atomic E-state index is 10.7. The van der Waals surface area contributed by atoms with E-state index < -0.39 is 0 Å². The monoisotopic (exact) mass is 181 g/mol. The van der Waals surface area contributed by atoms with Gasteiger partial charge in [0.25, 0.3) is 0 Å². The lowest BCUT2D eigenvalue weighted by Gasteiger charge is -1.96. The SMILES string of the molecule is CC(C)c1cc(CC(N)=O)n(C)n1. The van der Waals surface area contributed by atoms with Crippen molar-refractivity contribution in [3.63, 3.8) is 0 Å². The van der Waals surface area contributed by atoms with Gasteiger partial charge in [0.05, 0.1) is 12.1 Å². The third-order valence-corrected chi connectivity index (χ3v) is 1.94. The van der Waals surface area contributed by atoms with Gasteiger partial charge in [0, 0.05) is 12.7 Å². The number of primary amides is 1. The van der Waals surface area contributed by atoms with E-state index in [0.29, 0.717) is 5.92 Å². The molecule has 0 aliphatic heterocycles. The molecular weight excluding hydrogens is 166 g/mol. The quantitative estimate of drug-likeness (QED) is 0.741. The molecule has 0 radical (unpaired) electrons. The summed E-state index contributed by atoms with van der Waals surface area (Å²) in [4.78, 5) is 10.7. The van der Waals surface area contributed by atoms with Crippen molar-refractivity contribution in [3.8, 4) is 0 Å². The molecule has 72 valence electrons. The zero-order chi connectivity index (χ0) is 10.0. The van der Waals surface area contributed by atoms with Gasteiger partial charge in [0.15, 0.2) is 0 Å². The second-order valence-electron chi connectivity index (χ2n) is 3.48. The van der Waals surface area contributed by atoms with Crippen LogP contribution < -0.4 is 5.73 Å². The minimum Gasteiger partial charge on any atom is -0.369 e. The normalized spacial score (nSPS) is 10.8. The molecule has 0 bridgehead atoms. The zero-order valence-corrected chi connectivity index (χ0v) is 8.24. The van der Waals surface area contributed by atoms with Gasteiger partial charge in [-0.15, -0.1) is 0 Å². The van der Waals surface area contributed by atoms with E-state index in [1.807, 2.05) is 13.1 Å². The minimum absolute atomic E-state index is 0.260. The van der Waals surface area contributed by atoms with E-state index in [0.717, 1.165) is 11.4 Å². The molecule has 0 saturated carbocycles. The Kier molecular flexibility index (Phi) is 2.70. The predicted molar refractivity (Wildman–Crippen MR) is 50.2 cm³/mol. The van der Waals surface area contributed by atoms with Crippen LogP contribution in [0, 0.1) is 0 Å². The molecule has 0 fully saturated rings. The van der Waals surface area contributed by atoms with Crippen LogP contribution in [-0.4, -0.2) is 15.7 Å². The average molecular weight is 181 g/mol. The van der Waals surface area contributed by atoms with Gasteiger partial charge in [0.1, 0.15) is 0 Å². The average Bonchev–Trinajstić information content (AvgIpc) is 2.31. The first-order chi connectivity index (χ1) is 6.00. The van der Waals surface area contributed by atoms with Crippen molar-refractivity contribution >= 4 is 5.91 Å².